The molecule has 0 radical (unpaired) electrons. The number of rotatable bonds is 2. The molecule has 20 heavy (non-hydrogen) atoms. The highest BCUT2D eigenvalue weighted by Gasteiger charge is 2.26. The summed E-state index contributed by atoms with van der Waals surface area (Å²) in [6.07, 6.45) is 0.831. The van der Waals surface area contributed by atoms with Crippen molar-refractivity contribution in [3.05, 3.63) is 47.8 Å². The average molecular weight is 273 g/mol. The van der Waals surface area contributed by atoms with E-state index in [-0.39, 0.29) is 23.9 Å². The molecule has 0 spiro atoms. The number of amides is 1. The number of halogens is 1. The minimum atomic E-state index is -0.310. The first kappa shape index (κ1) is 13.1. The quantitative estimate of drug-likeness (QED) is 0.913. The normalized spacial score (nSPS) is 22.1. The van der Waals surface area contributed by atoms with E-state index in [0.29, 0.717) is 22.9 Å². The van der Waals surface area contributed by atoms with Gasteiger partial charge in [0.15, 0.2) is 0 Å². The Morgan fingerprint density at radius 3 is 2.70 bits per heavy atom. The molecule has 1 fully saturated rings. The molecule has 3 rings (SSSR count). The summed E-state index contributed by atoms with van der Waals surface area (Å²) < 4.78 is 19.2. The van der Waals surface area contributed by atoms with Crippen LogP contribution in [-0.2, 0) is 4.74 Å². The molecule has 3 nitrogen and oxygen atoms in total. The van der Waals surface area contributed by atoms with Crippen LogP contribution in [0.4, 0.5) is 4.39 Å². The highest BCUT2D eigenvalue weighted by Crippen LogP contribution is 2.22. The van der Waals surface area contributed by atoms with Crippen molar-refractivity contribution in [3.8, 4) is 0 Å². The van der Waals surface area contributed by atoms with Gasteiger partial charge in [0.1, 0.15) is 5.82 Å². The lowest BCUT2D eigenvalue weighted by molar-refractivity contribution is 0.0867. The van der Waals surface area contributed by atoms with Gasteiger partial charge < -0.3 is 10.1 Å². The van der Waals surface area contributed by atoms with Gasteiger partial charge in [-0.1, -0.05) is 24.3 Å². The molecule has 1 aliphatic rings. The molecule has 0 aromatic heterocycles. The lowest BCUT2D eigenvalue weighted by Crippen LogP contribution is -2.39. The first-order valence-corrected chi connectivity index (χ1v) is 6.76. The smallest absolute Gasteiger partial charge is 0.252 e. The van der Waals surface area contributed by atoms with Gasteiger partial charge in [0.25, 0.3) is 5.91 Å². The molecule has 1 saturated heterocycles. The average Bonchev–Trinajstić information content (AvgIpc) is 2.85. The molecule has 0 saturated carbocycles. The van der Waals surface area contributed by atoms with Crippen molar-refractivity contribution >= 4 is 16.7 Å². The third-order valence-corrected chi connectivity index (χ3v) is 3.81. The molecule has 2 atom stereocenters. The molecule has 4 heteroatoms. The Labute approximate surface area is 116 Å². The van der Waals surface area contributed by atoms with Gasteiger partial charge >= 0.3 is 0 Å². The predicted octanol–water partition coefficient (Wildman–Crippen LogP) is 2.89. The Morgan fingerprint density at radius 1 is 1.25 bits per heavy atom. The fourth-order valence-corrected chi connectivity index (χ4v) is 2.63. The van der Waals surface area contributed by atoms with Crippen molar-refractivity contribution in [1.82, 2.24) is 5.32 Å². The zero-order valence-electron chi connectivity index (χ0n) is 11.2. The molecule has 1 amide bonds. The molecular formula is C16H16FNO2. The van der Waals surface area contributed by atoms with Gasteiger partial charge in [-0.25, -0.2) is 4.39 Å². The molecular weight excluding hydrogens is 257 g/mol. The van der Waals surface area contributed by atoms with Crippen LogP contribution in [-0.4, -0.2) is 24.7 Å². The second kappa shape index (κ2) is 5.21. The maximum Gasteiger partial charge on any atom is 0.252 e. The number of fused-ring (bicyclic) bond motifs is 1. The minimum Gasteiger partial charge on any atom is -0.376 e. The lowest BCUT2D eigenvalue weighted by Gasteiger charge is -2.16. The summed E-state index contributed by atoms with van der Waals surface area (Å²) in [5.41, 5.74) is 0.501. The van der Waals surface area contributed by atoms with Gasteiger partial charge in [-0.15, -0.1) is 0 Å². The van der Waals surface area contributed by atoms with E-state index in [4.69, 9.17) is 4.74 Å². The second-order valence-corrected chi connectivity index (χ2v) is 5.09. The van der Waals surface area contributed by atoms with Gasteiger partial charge in [0, 0.05) is 17.6 Å². The molecule has 104 valence electrons. The van der Waals surface area contributed by atoms with E-state index >= 15 is 0 Å². The van der Waals surface area contributed by atoms with Crippen LogP contribution >= 0.6 is 0 Å². The first-order chi connectivity index (χ1) is 9.66. The molecule has 2 aromatic rings. The van der Waals surface area contributed by atoms with E-state index in [2.05, 4.69) is 5.32 Å². The maximum absolute atomic E-state index is 13.7. The molecule has 2 aromatic carbocycles. The van der Waals surface area contributed by atoms with Gasteiger partial charge in [-0.05, 0) is 30.9 Å². The van der Waals surface area contributed by atoms with E-state index < -0.39 is 0 Å². The summed E-state index contributed by atoms with van der Waals surface area (Å²) in [7, 11) is 0. The number of hydrogen-bond acceptors (Lipinski definition) is 2. The Kier molecular flexibility index (Phi) is 3.40. The number of benzene rings is 2. The number of carbonyl (C=O) groups is 1. The van der Waals surface area contributed by atoms with E-state index in [1.807, 2.05) is 6.92 Å². The predicted molar refractivity (Wildman–Crippen MR) is 75.2 cm³/mol. The molecule has 1 aliphatic heterocycles. The van der Waals surface area contributed by atoms with E-state index in [1.165, 1.54) is 12.1 Å². The zero-order chi connectivity index (χ0) is 14.1. The van der Waals surface area contributed by atoms with Crippen LogP contribution in [0.3, 0.4) is 0 Å². The number of ether oxygens (including phenoxy) is 1. The highest BCUT2D eigenvalue weighted by atomic mass is 19.1. The van der Waals surface area contributed by atoms with Crippen molar-refractivity contribution < 1.29 is 13.9 Å². The van der Waals surface area contributed by atoms with Crippen LogP contribution in [0.25, 0.3) is 10.8 Å². The maximum atomic E-state index is 13.7. The van der Waals surface area contributed by atoms with E-state index in [9.17, 15) is 9.18 Å². The standard InChI is InChI=1S/C16H16FNO2/c1-10-15(8-9-20-10)18-16(19)13-6-7-14(17)12-5-3-2-4-11(12)13/h2-7,10,15H,8-9H2,1H3,(H,18,19). The van der Waals surface area contributed by atoms with E-state index in [1.54, 1.807) is 24.3 Å². The van der Waals surface area contributed by atoms with Crippen molar-refractivity contribution in [3.63, 3.8) is 0 Å². The molecule has 2 unspecified atom stereocenters. The van der Waals surface area contributed by atoms with Crippen LogP contribution in [0.2, 0.25) is 0 Å². The lowest BCUT2D eigenvalue weighted by atomic mass is 10.0. The molecule has 0 aliphatic carbocycles. The summed E-state index contributed by atoms with van der Waals surface area (Å²) >= 11 is 0. The van der Waals surface area contributed by atoms with Crippen LogP contribution < -0.4 is 5.32 Å². The van der Waals surface area contributed by atoms with Crippen LogP contribution in [0.1, 0.15) is 23.7 Å². The summed E-state index contributed by atoms with van der Waals surface area (Å²) in [5, 5.41) is 4.07. The van der Waals surface area contributed by atoms with E-state index in [0.717, 1.165) is 6.42 Å². The Morgan fingerprint density at radius 2 is 2.00 bits per heavy atom. The largest absolute Gasteiger partial charge is 0.376 e. The fraction of sp³-hybridized carbons (Fsp3) is 0.312. The van der Waals surface area contributed by atoms with Crippen LogP contribution in [0.15, 0.2) is 36.4 Å². The van der Waals surface area contributed by atoms with Gasteiger partial charge in [-0.2, -0.15) is 0 Å². The SMILES string of the molecule is CC1OCCC1NC(=O)c1ccc(F)c2ccccc12. The van der Waals surface area contributed by atoms with Gasteiger partial charge in [0.2, 0.25) is 0 Å². The zero-order valence-corrected chi connectivity index (χ0v) is 11.2. The van der Waals surface area contributed by atoms with Crippen molar-refractivity contribution in [2.45, 2.75) is 25.5 Å². The number of hydrogen-bond donors (Lipinski definition) is 1. The fourth-order valence-electron chi connectivity index (χ4n) is 2.63. The Bertz CT molecular complexity index is 656. The molecule has 0 bridgehead atoms. The van der Waals surface area contributed by atoms with Crippen molar-refractivity contribution in [2.75, 3.05) is 6.61 Å². The van der Waals surface area contributed by atoms with Gasteiger partial charge in [0.05, 0.1) is 12.1 Å². The Hall–Kier alpha value is -1.94. The summed E-state index contributed by atoms with van der Waals surface area (Å²) in [6.45, 7) is 2.61. The molecule has 1 heterocycles. The van der Waals surface area contributed by atoms with Crippen LogP contribution in [0, 0.1) is 5.82 Å². The summed E-state index contributed by atoms with van der Waals surface area (Å²) in [4.78, 5) is 12.4. The third kappa shape index (κ3) is 2.27. The number of carbonyl (C=O) groups excluding carboxylic acids is 1. The topological polar surface area (TPSA) is 38.3 Å². The van der Waals surface area contributed by atoms with Crippen molar-refractivity contribution in [2.24, 2.45) is 0 Å². The first-order valence-electron chi connectivity index (χ1n) is 6.76. The number of nitrogens with one attached hydrogen (secondary N) is 1. The highest BCUT2D eigenvalue weighted by molar-refractivity contribution is 6.07. The van der Waals surface area contributed by atoms with Crippen molar-refractivity contribution in [1.29, 1.82) is 0 Å². The van der Waals surface area contributed by atoms with Crippen LogP contribution in [0.5, 0.6) is 0 Å². The monoisotopic (exact) mass is 273 g/mol. The molecule has 1 N–H and O–H groups in total. The Balaban J connectivity index is 1.94. The second-order valence-electron chi connectivity index (χ2n) is 5.09. The minimum absolute atomic E-state index is 0.0191. The third-order valence-electron chi connectivity index (χ3n) is 3.81. The van der Waals surface area contributed by atoms with Gasteiger partial charge in [-0.3, -0.25) is 4.79 Å². The summed E-state index contributed by atoms with van der Waals surface area (Å²) in [6, 6.07) is 9.91. The summed E-state index contributed by atoms with van der Waals surface area (Å²) in [5.74, 6) is -0.488.